The highest BCUT2D eigenvalue weighted by molar-refractivity contribution is 5.62. The van der Waals surface area contributed by atoms with E-state index in [0.717, 1.165) is 42.2 Å². The first-order valence-electron chi connectivity index (χ1n) is 10.8. The summed E-state index contributed by atoms with van der Waals surface area (Å²) in [6, 6.07) is 10.4. The number of aromatic nitrogens is 4. The minimum Gasteiger partial charge on any atom is -0.492 e. The molecular formula is C23H27N5O3. The molecule has 0 unspecified atom stereocenters. The van der Waals surface area contributed by atoms with Gasteiger partial charge in [-0.2, -0.15) is 4.68 Å². The van der Waals surface area contributed by atoms with E-state index in [9.17, 15) is 0 Å². The van der Waals surface area contributed by atoms with Gasteiger partial charge in [-0.25, -0.2) is 0 Å². The maximum atomic E-state index is 5.82. The molecule has 0 spiro atoms. The zero-order valence-electron chi connectivity index (χ0n) is 18.2. The minimum atomic E-state index is -0.164. The Bertz CT molecular complexity index is 1080. The predicted octanol–water partition coefficient (Wildman–Crippen LogP) is 3.32. The molecule has 5 rings (SSSR count). The molecule has 0 amide bonds. The smallest absolute Gasteiger partial charge is 0.231 e. The molecule has 0 fully saturated rings. The second kappa shape index (κ2) is 8.19. The van der Waals surface area contributed by atoms with Gasteiger partial charge in [-0.1, -0.05) is 25.5 Å². The van der Waals surface area contributed by atoms with Crippen molar-refractivity contribution in [2.75, 3.05) is 27.5 Å². The number of ether oxygens (including phenoxy) is 3. The van der Waals surface area contributed by atoms with E-state index in [1.165, 1.54) is 24.0 Å². The number of rotatable bonds is 6. The maximum Gasteiger partial charge on any atom is 0.231 e. The van der Waals surface area contributed by atoms with E-state index in [-0.39, 0.29) is 12.8 Å². The number of nitrogens with zero attached hydrogens (tertiary/aromatic N) is 5. The van der Waals surface area contributed by atoms with Gasteiger partial charge in [-0.15, -0.1) is 5.10 Å². The summed E-state index contributed by atoms with van der Waals surface area (Å²) in [7, 11) is 3.76. The van der Waals surface area contributed by atoms with Crippen molar-refractivity contribution in [1.29, 1.82) is 0 Å². The average molecular weight is 422 g/mol. The largest absolute Gasteiger partial charge is 0.492 e. The predicted molar refractivity (Wildman–Crippen MR) is 115 cm³/mol. The molecule has 0 saturated carbocycles. The lowest BCUT2D eigenvalue weighted by molar-refractivity contribution is 0.170. The Kier molecular flexibility index (Phi) is 5.23. The highest BCUT2D eigenvalue weighted by Gasteiger charge is 2.37. The number of likely N-dealkylation sites (N-methyl/N-ethyl adjacent to an activating group) is 1. The average Bonchev–Trinajstić information content (AvgIpc) is 3.46. The van der Waals surface area contributed by atoms with Crippen LogP contribution in [0.4, 0.5) is 0 Å². The van der Waals surface area contributed by atoms with Crippen molar-refractivity contribution < 1.29 is 14.2 Å². The lowest BCUT2D eigenvalue weighted by Gasteiger charge is -2.34. The maximum absolute atomic E-state index is 5.82. The zero-order chi connectivity index (χ0) is 21.4. The Balaban J connectivity index is 1.58. The Morgan fingerprint density at radius 2 is 2.03 bits per heavy atom. The second-order valence-electron chi connectivity index (χ2n) is 8.07. The normalized spacial score (nSPS) is 17.6. The van der Waals surface area contributed by atoms with Crippen LogP contribution in [-0.2, 0) is 12.8 Å². The van der Waals surface area contributed by atoms with Crippen molar-refractivity contribution in [1.82, 2.24) is 25.1 Å². The topological polar surface area (TPSA) is 74.5 Å². The van der Waals surface area contributed by atoms with Crippen LogP contribution in [-0.4, -0.2) is 52.6 Å². The van der Waals surface area contributed by atoms with Gasteiger partial charge in [0.15, 0.2) is 17.3 Å². The number of hydrogen-bond donors (Lipinski definition) is 0. The molecule has 1 atom stereocenters. The van der Waals surface area contributed by atoms with Crippen LogP contribution in [0.1, 0.15) is 48.3 Å². The molecule has 31 heavy (non-hydrogen) atoms. The Labute approximate surface area is 181 Å². The minimum absolute atomic E-state index is 0.164. The van der Waals surface area contributed by atoms with Gasteiger partial charge < -0.3 is 14.2 Å². The van der Waals surface area contributed by atoms with Gasteiger partial charge in [-0.3, -0.25) is 4.90 Å². The van der Waals surface area contributed by atoms with Crippen LogP contribution in [0, 0.1) is 0 Å². The van der Waals surface area contributed by atoms with Crippen molar-refractivity contribution in [3.05, 3.63) is 52.8 Å². The Morgan fingerprint density at radius 3 is 2.81 bits per heavy atom. The zero-order valence-corrected chi connectivity index (χ0v) is 18.2. The number of unbranched alkanes of at least 4 members (excludes halogenated alkanes) is 1. The molecule has 3 heterocycles. The lowest BCUT2D eigenvalue weighted by atomic mass is 9.90. The molecule has 0 aliphatic carbocycles. The number of benzene rings is 2. The van der Waals surface area contributed by atoms with Crippen LogP contribution in [0.25, 0.3) is 5.69 Å². The van der Waals surface area contributed by atoms with Crippen LogP contribution in [0.3, 0.4) is 0 Å². The summed E-state index contributed by atoms with van der Waals surface area (Å²) in [4.78, 5) is 2.25. The fourth-order valence-electron chi connectivity index (χ4n) is 4.49. The van der Waals surface area contributed by atoms with Crippen LogP contribution in [0.5, 0.6) is 17.2 Å². The highest BCUT2D eigenvalue weighted by Crippen LogP contribution is 2.50. The second-order valence-corrected chi connectivity index (χ2v) is 8.07. The third-order valence-corrected chi connectivity index (χ3v) is 6.13. The highest BCUT2D eigenvalue weighted by atomic mass is 16.7. The van der Waals surface area contributed by atoms with Crippen LogP contribution in [0.15, 0.2) is 30.3 Å². The lowest BCUT2D eigenvalue weighted by Crippen LogP contribution is -2.35. The molecule has 2 aromatic carbocycles. The Hall–Kier alpha value is -3.13. The van der Waals surface area contributed by atoms with Crippen molar-refractivity contribution in [3.63, 3.8) is 0 Å². The Morgan fingerprint density at radius 1 is 1.19 bits per heavy atom. The number of aryl methyl sites for hydroxylation is 1. The van der Waals surface area contributed by atoms with E-state index < -0.39 is 0 Å². The number of tetrazole rings is 1. The summed E-state index contributed by atoms with van der Waals surface area (Å²) in [6.07, 6.45) is 4.35. The van der Waals surface area contributed by atoms with Gasteiger partial charge in [-0.05, 0) is 66.1 Å². The molecule has 1 aromatic heterocycles. The van der Waals surface area contributed by atoms with Crippen LogP contribution >= 0.6 is 0 Å². The molecule has 0 bridgehead atoms. The van der Waals surface area contributed by atoms with Crippen molar-refractivity contribution in [3.8, 4) is 22.9 Å². The van der Waals surface area contributed by atoms with E-state index in [1.54, 1.807) is 7.11 Å². The van der Waals surface area contributed by atoms with E-state index >= 15 is 0 Å². The first-order valence-corrected chi connectivity index (χ1v) is 10.8. The van der Waals surface area contributed by atoms with Gasteiger partial charge in [0.25, 0.3) is 0 Å². The standard InChI is InChI=1S/C23H27N5O3/c1-4-5-6-15-7-9-17(10-8-15)28-23(24-25-26-28)20-19-16(11-12-27(20)2)13-18-21(22(19)29-3)31-14-30-18/h7-10,13,20H,4-6,11-12,14H2,1-3H3/t20-/m1/s1. The third-order valence-electron chi connectivity index (χ3n) is 6.13. The molecular weight excluding hydrogens is 394 g/mol. The summed E-state index contributed by atoms with van der Waals surface area (Å²) in [5.74, 6) is 2.84. The van der Waals surface area contributed by atoms with Gasteiger partial charge in [0, 0.05) is 12.1 Å². The molecule has 0 N–H and O–H groups in total. The quantitative estimate of drug-likeness (QED) is 0.604. The summed E-state index contributed by atoms with van der Waals surface area (Å²) in [5.41, 5.74) is 4.49. The van der Waals surface area contributed by atoms with E-state index in [1.807, 2.05) is 4.68 Å². The van der Waals surface area contributed by atoms with E-state index in [4.69, 9.17) is 14.2 Å². The molecule has 0 saturated heterocycles. The first-order chi connectivity index (χ1) is 15.2. The summed E-state index contributed by atoms with van der Waals surface area (Å²) in [5, 5.41) is 12.8. The number of methoxy groups -OCH3 is 1. The number of hydrogen-bond acceptors (Lipinski definition) is 7. The molecule has 2 aliphatic heterocycles. The molecule has 2 aliphatic rings. The van der Waals surface area contributed by atoms with Gasteiger partial charge in [0.2, 0.25) is 12.5 Å². The summed E-state index contributed by atoms with van der Waals surface area (Å²) in [6.45, 7) is 3.29. The fraction of sp³-hybridized carbons (Fsp3) is 0.435. The van der Waals surface area contributed by atoms with Crippen molar-refractivity contribution >= 4 is 0 Å². The molecule has 0 radical (unpaired) electrons. The summed E-state index contributed by atoms with van der Waals surface area (Å²) >= 11 is 0. The van der Waals surface area contributed by atoms with Gasteiger partial charge in [0.1, 0.15) is 6.04 Å². The molecule has 8 heteroatoms. The molecule has 8 nitrogen and oxygen atoms in total. The van der Waals surface area contributed by atoms with E-state index in [2.05, 4.69) is 64.7 Å². The van der Waals surface area contributed by atoms with Crippen molar-refractivity contribution in [2.45, 2.75) is 38.6 Å². The first kappa shape index (κ1) is 19.8. The van der Waals surface area contributed by atoms with Crippen LogP contribution in [0.2, 0.25) is 0 Å². The number of fused-ring (bicyclic) bond motifs is 2. The molecule has 3 aromatic rings. The van der Waals surface area contributed by atoms with Gasteiger partial charge >= 0.3 is 0 Å². The van der Waals surface area contributed by atoms with Crippen LogP contribution < -0.4 is 14.2 Å². The third kappa shape index (κ3) is 3.40. The van der Waals surface area contributed by atoms with Gasteiger partial charge in [0.05, 0.1) is 12.8 Å². The summed E-state index contributed by atoms with van der Waals surface area (Å²) < 4.78 is 19.0. The van der Waals surface area contributed by atoms with E-state index in [0.29, 0.717) is 11.5 Å². The SMILES string of the molecule is CCCCc1ccc(-n2nnnc2[C@H]2c3c(cc4c(c3OC)OCO4)CCN2C)cc1. The monoisotopic (exact) mass is 421 g/mol. The van der Waals surface area contributed by atoms with Crippen molar-refractivity contribution in [2.24, 2.45) is 0 Å². The fourth-order valence-corrected chi connectivity index (χ4v) is 4.49. The molecule has 162 valence electrons.